The highest BCUT2D eigenvalue weighted by Gasteiger charge is 2.21. The maximum atomic E-state index is 12.4. The fourth-order valence-corrected chi connectivity index (χ4v) is 3.00. The molecule has 1 aromatic carbocycles. The van der Waals surface area contributed by atoms with Crippen molar-refractivity contribution in [3.8, 4) is 0 Å². The van der Waals surface area contributed by atoms with Crippen molar-refractivity contribution in [3.05, 3.63) is 58.9 Å². The highest BCUT2D eigenvalue weighted by molar-refractivity contribution is 5.76. The van der Waals surface area contributed by atoms with Crippen LogP contribution in [0.3, 0.4) is 0 Å². The number of fused-ring (bicyclic) bond motifs is 1. The molecule has 0 saturated heterocycles. The van der Waals surface area contributed by atoms with Crippen LogP contribution in [-0.4, -0.2) is 21.9 Å². The first kappa shape index (κ1) is 13.9. The normalized spacial score (nSPS) is 14.1. The van der Waals surface area contributed by atoms with Crippen LogP contribution in [0.5, 0.6) is 0 Å². The molecule has 0 saturated carbocycles. The number of hydrogen-bond acceptors (Lipinski definition) is 1. The van der Waals surface area contributed by atoms with Crippen LogP contribution in [0.4, 0.5) is 0 Å². The lowest BCUT2D eigenvalue weighted by molar-refractivity contribution is -0.132. The summed E-state index contributed by atoms with van der Waals surface area (Å²) in [6.45, 7) is 3.70. The molecule has 0 N–H and O–H groups in total. The molecule has 0 spiro atoms. The molecule has 2 aromatic rings. The Morgan fingerprint density at radius 3 is 2.71 bits per heavy atom. The Balaban J connectivity index is 1.58. The number of nitrogens with zero attached hydrogens (tertiary/aromatic N) is 2. The fraction of sp³-hybridized carbons (Fsp3) is 0.389. The first-order valence-corrected chi connectivity index (χ1v) is 7.60. The first-order valence-electron chi connectivity index (χ1n) is 7.60. The predicted molar refractivity (Wildman–Crippen MR) is 84.0 cm³/mol. The molecule has 21 heavy (non-hydrogen) atoms. The van der Waals surface area contributed by atoms with Crippen LogP contribution in [0, 0.1) is 6.92 Å². The number of carbonyl (C=O) groups excluding carboxylic acids is 1. The fourth-order valence-electron chi connectivity index (χ4n) is 3.00. The Morgan fingerprint density at radius 2 is 1.95 bits per heavy atom. The van der Waals surface area contributed by atoms with E-state index in [9.17, 15) is 4.79 Å². The van der Waals surface area contributed by atoms with E-state index in [0.717, 1.165) is 25.9 Å². The molecule has 3 heteroatoms. The lowest BCUT2D eigenvalue weighted by Gasteiger charge is -2.28. The van der Waals surface area contributed by atoms with Gasteiger partial charge in [0, 0.05) is 44.9 Å². The van der Waals surface area contributed by atoms with Crippen LogP contribution in [-0.2, 0) is 31.2 Å². The Hall–Kier alpha value is -2.03. The predicted octanol–water partition coefficient (Wildman–Crippen LogP) is 2.85. The van der Waals surface area contributed by atoms with Crippen LogP contribution >= 0.6 is 0 Å². The lowest BCUT2D eigenvalue weighted by atomic mass is 10.1. The quantitative estimate of drug-likeness (QED) is 0.850. The molecule has 1 aliphatic heterocycles. The van der Waals surface area contributed by atoms with Gasteiger partial charge in [-0.1, -0.05) is 29.8 Å². The van der Waals surface area contributed by atoms with Gasteiger partial charge in [0.15, 0.2) is 0 Å². The van der Waals surface area contributed by atoms with Gasteiger partial charge in [0.1, 0.15) is 0 Å². The van der Waals surface area contributed by atoms with Crippen molar-refractivity contribution < 1.29 is 4.79 Å². The van der Waals surface area contributed by atoms with Crippen molar-refractivity contribution in [1.82, 2.24) is 9.47 Å². The topological polar surface area (TPSA) is 25.2 Å². The summed E-state index contributed by atoms with van der Waals surface area (Å²) in [6.07, 6.45) is 4.49. The van der Waals surface area contributed by atoms with Gasteiger partial charge >= 0.3 is 0 Å². The van der Waals surface area contributed by atoms with Crippen LogP contribution < -0.4 is 0 Å². The van der Waals surface area contributed by atoms with Gasteiger partial charge in [0.2, 0.25) is 5.91 Å². The smallest absolute Gasteiger partial charge is 0.223 e. The zero-order valence-corrected chi connectivity index (χ0v) is 12.8. The summed E-state index contributed by atoms with van der Waals surface area (Å²) in [5.41, 5.74) is 5.18. The third kappa shape index (κ3) is 3.02. The van der Waals surface area contributed by atoms with E-state index in [1.165, 1.54) is 22.4 Å². The average Bonchev–Trinajstić information content (AvgIpc) is 2.87. The molecule has 0 unspecified atom stereocenters. The first-order chi connectivity index (χ1) is 10.1. The number of amides is 1. The number of carbonyl (C=O) groups is 1. The maximum Gasteiger partial charge on any atom is 0.223 e. The largest absolute Gasteiger partial charge is 0.354 e. The van der Waals surface area contributed by atoms with Crippen molar-refractivity contribution in [2.75, 3.05) is 6.54 Å². The summed E-state index contributed by atoms with van der Waals surface area (Å²) in [4.78, 5) is 14.4. The molecule has 2 heterocycles. The van der Waals surface area contributed by atoms with Gasteiger partial charge in [-0.25, -0.2) is 0 Å². The molecule has 0 fully saturated rings. The highest BCUT2D eigenvalue weighted by Crippen LogP contribution is 2.20. The number of rotatable bonds is 3. The molecule has 1 aromatic heterocycles. The van der Waals surface area contributed by atoms with E-state index >= 15 is 0 Å². The van der Waals surface area contributed by atoms with E-state index in [1.807, 2.05) is 4.90 Å². The number of aryl methyl sites for hydroxylation is 3. The van der Waals surface area contributed by atoms with Gasteiger partial charge in [-0.15, -0.1) is 0 Å². The molecule has 3 nitrogen and oxygen atoms in total. The van der Waals surface area contributed by atoms with Crippen molar-refractivity contribution >= 4 is 5.91 Å². The van der Waals surface area contributed by atoms with Gasteiger partial charge in [-0.3, -0.25) is 4.79 Å². The molecular formula is C18H22N2O. The molecule has 1 amide bonds. The van der Waals surface area contributed by atoms with Crippen molar-refractivity contribution in [3.63, 3.8) is 0 Å². The third-order valence-corrected chi connectivity index (χ3v) is 4.38. The Labute approximate surface area is 126 Å². The third-order valence-electron chi connectivity index (χ3n) is 4.38. The van der Waals surface area contributed by atoms with Gasteiger partial charge < -0.3 is 9.47 Å². The highest BCUT2D eigenvalue weighted by atomic mass is 16.2. The molecule has 110 valence electrons. The standard InChI is InChI=1S/C18H22N2O/c1-14-3-5-15(6-4-14)7-8-18(21)20-12-10-17-16(13-20)9-11-19(17)2/h3-6,9,11H,7-8,10,12-13H2,1-2H3. The molecule has 0 radical (unpaired) electrons. The molecule has 0 bridgehead atoms. The van der Waals surface area contributed by atoms with Crippen molar-refractivity contribution in [2.24, 2.45) is 7.05 Å². The summed E-state index contributed by atoms with van der Waals surface area (Å²) >= 11 is 0. The molecule has 0 aliphatic carbocycles. The summed E-state index contributed by atoms with van der Waals surface area (Å²) < 4.78 is 2.17. The Bertz CT molecular complexity index is 640. The number of benzene rings is 1. The maximum absolute atomic E-state index is 12.4. The summed E-state index contributed by atoms with van der Waals surface area (Å²) in [5, 5.41) is 0. The Kier molecular flexibility index (Phi) is 3.82. The van der Waals surface area contributed by atoms with Crippen LogP contribution in [0.25, 0.3) is 0 Å². The zero-order valence-electron chi connectivity index (χ0n) is 12.8. The Morgan fingerprint density at radius 1 is 1.19 bits per heavy atom. The molecule has 0 atom stereocenters. The second-order valence-electron chi connectivity index (χ2n) is 5.95. The van der Waals surface area contributed by atoms with Crippen LogP contribution in [0.15, 0.2) is 36.5 Å². The lowest BCUT2D eigenvalue weighted by Crippen LogP contribution is -2.36. The van der Waals surface area contributed by atoms with Crippen molar-refractivity contribution in [1.29, 1.82) is 0 Å². The van der Waals surface area contributed by atoms with Gasteiger partial charge in [0.05, 0.1) is 0 Å². The average molecular weight is 282 g/mol. The van der Waals surface area contributed by atoms with Gasteiger partial charge in [-0.2, -0.15) is 0 Å². The minimum Gasteiger partial charge on any atom is -0.354 e. The van der Waals surface area contributed by atoms with E-state index in [0.29, 0.717) is 6.42 Å². The van der Waals surface area contributed by atoms with Crippen molar-refractivity contribution in [2.45, 2.75) is 32.7 Å². The van der Waals surface area contributed by atoms with E-state index in [1.54, 1.807) is 0 Å². The number of aromatic nitrogens is 1. The monoisotopic (exact) mass is 282 g/mol. The molecule has 3 rings (SSSR count). The minimum atomic E-state index is 0.269. The summed E-state index contributed by atoms with van der Waals surface area (Å²) in [7, 11) is 2.08. The van der Waals surface area contributed by atoms with E-state index < -0.39 is 0 Å². The van der Waals surface area contributed by atoms with E-state index in [-0.39, 0.29) is 5.91 Å². The summed E-state index contributed by atoms with van der Waals surface area (Å²) in [5.74, 6) is 0.269. The minimum absolute atomic E-state index is 0.269. The van der Waals surface area contributed by atoms with E-state index in [2.05, 4.69) is 55.1 Å². The molecular weight excluding hydrogens is 260 g/mol. The van der Waals surface area contributed by atoms with E-state index in [4.69, 9.17) is 0 Å². The van der Waals surface area contributed by atoms with Crippen LogP contribution in [0.1, 0.15) is 28.8 Å². The van der Waals surface area contributed by atoms with Gasteiger partial charge in [0.25, 0.3) is 0 Å². The molecule has 1 aliphatic rings. The SMILES string of the molecule is Cc1ccc(CCC(=O)N2CCc3c(ccn3C)C2)cc1. The second-order valence-corrected chi connectivity index (χ2v) is 5.95. The van der Waals surface area contributed by atoms with Crippen LogP contribution in [0.2, 0.25) is 0 Å². The summed E-state index contributed by atoms with van der Waals surface area (Å²) in [6, 6.07) is 10.6. The number of hydrogen-bond donors (Lipinski definition) is 0. The van der Waals surface area contributed by atoms with Gasteiger partial charge in [-0.05, 0) is 30.5 Å². The zero-order chi connectivity index (χ0) is 14.8. The second kappa shape index (κ2) is 5.76.